The Bertz CT molecular complexity index is 1920. The third-order valence-electron chi connectivity index (χ3n) is 9.70. The summed E-state index contributed by atoms with van der Waals surface area (Å²) in [6.07, 6.45) is 2.64. The topological polar surface area (TPSA) is 97.6 Å². The number of hydrogen-bond donors (Lipinski definition) is 1. The summed E-state index contributed by atoms with van der Waals surface area (Å²) < 4.78 is 14.7. The average Bonchev–Trinajstić information content (AvgIpc) is 3.63. The van der Waals surface area contributed by atoms with E-state index in [1.165, 1.54) is 23.0 Å². The molecule has 0 bridgehead atoms. The van der Waals surface area contributed by atoms with Crippen molar-refractivity contribution < 1.29 is 14.3 Å². The van der Waals surface area contributed by atoms with Crippen molar-refractivity contribution in [2.75, 3.05) is 51.3 Å². The molecule has 10 nitrogen and oxygen atoms in total. The Morgan fingerprint density at radius 1 is 0.740 bits per heavy atom. The van der Waals surface area contributed by atoms with Crippen LogP contribution in [0.25, 0.3) is 11.2 Å². The van der Waals surface area contributed by atoms with E-state index in [1.54, 1.807) is 18.5 Å². The molecule has 1 amide bonds. The summed E-state index contributed by atoms with van der Waals surface area (Å²) >= 11 is 0. The molecule has 50 heavy (non-hydrogen) atoms. The average molecular weight is 666 g/mol. The maximum atomic E-state index is 13.1. The van der Waals surface area contributed by atoms with E-state index >= 15 is 0 Å². The van der Waals surface area contributed by atoms with E-state index < -0.39 is 11.8 Å². The van der Waals surface area contributed by atoms with E-state index in [-0.39, 0.29) is 12.0 Å². The van der Waals surface area contributed by atoms with Crippen molar-refractivity contribution in [1.29, 1.82) is 0 Å². The van der Waals surface area contributed by atoms with Crippen LogP contribution in [0.2, 0.25) is 0 Å². The molecule has 2 aromatic heterocycles. The van der Waals surface area contributed by atoms with Crippen LogP contribution >= 0.6 is 0 Å². The maximum absolute atomic E-state index is 13.1. The Balaban J connectivity index is 1.23. The van der Waals surface area contributed by atoms with Crippen molar-refractivity contribution in [3.05, 3.63) is 156 Å². The van der Waals surface area contributed by atoms with Crippen LogP contribution in [0.3, 0.4) is 0 Å². The summed E-state index contributed by atoms with van der Waals surface area (Å²) in [6.45, 7) is 5.12. The third-order valence-corrected chi connectivity index (χ3v) is 9.70. The first kappa shape index (κ1) is 32.0. The molecule has 2 aliphatic rings. The first-order valence-electron chi connectivity index (χ1n) is 17.1. The fourth-order valence-corrected chi connectivity index (χ4v) is 7.43. The lowest BCUT2D eigenvalue weighted by Crippen LogP contribution is -2.58. The summed E-state index contributed by atoms with van der Waals surface area (Å²) in [5.41, 5.74) is 4.52. The number of nitrogens with one attached hydrogen (secondary N) is 1. The van der Waals surface area contributed by atoms with Gasteiger partial charge in [0.25, 0.3) is 5.91 Å². The number of carbonyl (C=O) groups is 1. The number of hydrogen-bond acceptors (Lipinski definition) is 8. The first-order valence-corrected chi connectivity index (χ1v) is 17.1. The molecule has 8 rings (SSSR count). The summed E-state index contributed by atoms with van der Waals surface area (Å²) in [7, 11) is 0. The molecule has 4 heterocycles. The van der Waals surface area contributed by atoms with Crippen molar-refractivity contribution in [3.63, 3.8) is 0 Å². The van der Waals surface area contributed by atoms with E-state index in [1.807, 2.05) is 22.8 Å². The Kier molecular flexibility index (Phi) is 9.15. The third kappa shape index (κ3) is 6.18. The van der Waals surface area contributed by atoms with Crippen LogP contribution in [0.4, 0.5) is 5.82 Å². The molecule has 2 aliphatic heterocycles. The number of imidazole rings is 1. The summed E-state index contributed by atoms with van der Waals surface area (Å²) in [6, 6.07) is 41.3. The number of benzene rings is 4. The minimum absolute atomic E-state index is 0.140. The van der Waals surface area contributed by atoms with Crippen LogP contribution in [0, 0.1) is 0 Å². The molecule has 4 aromatic carbocycles. The lowest BCUT2D eigenvalue weighted by molar-refractivity contribution is -0.145. The van der Waals surface area contributed by atoms with Gasteiger partial charge >= 0.3 is 0 Å². The fraction of sp³-hybridized carbons (Fsp3) is 0.250. The van der Waals surface area contributed by atoms with Crippen molar-refractivity contribution >= 4 is 22.9 Å². The Hall–Kier alpha value is -5.26. The molecule has 10 heteroatoms. The van der Waals surface area contributed by atoms with Gasteiger partial charge in [-0.15, -0.1) is 0 Å². The normalized spacial score (nSPS) is 19.0. The van der Waals surface area contributed by atoms with Gasteiger partial charge in [0, 0.05) is 38.3 Å². The quantitative estimate of drug-likeness (QED) is 0.200. The van der Waals surface area contributed by atoms with Crippen molar-refractivity contribution in [2.45, 2.75) is 17.9 Å². The van der Waals surface area contributed by atoms with Crippen LogP contribution in [0.5, 0.6) is 0 Å². The molecule has 2 atom stereocenters. The minimum atomic E-state index is -0.630. The molecule has 0 radical (unpaired) electrons. The smallest absolute Gasteiger partial charge is 0.256 e. The number of carbonyl (C=O) groups excluding carboxylic acids is 1. The summed E-state index contributed by atoms with van der Waals surface area (Å²) in [4.78, 5) is 31.9. The number of ether oxygens (including phenoxy) is 2. The zero-order valence-corrected chi connectivity index (χ0v) is 27.7. The van der Waals surface area contributed by atoms with Crippen LogP contribution in [-0.2, 0) is 15.0 Å². The number of nitrogens with zero attached hydrogens (tertiary/aromatic N) is 6. The van der Waals surface area contributed by atoms with Crippen LogP contribution in [-0.4, -0.2) is 87.3 Å². The first-order chi connectivity index (χ1) is 24.7. The highest BCUT2D eigenvalue weighted by atomic mass is 16.5. The van der Waals surface area contributed by atoms with Crippen molar-refractivity contribution in [2.24, 2.45) is 0 Å². The molecule has 2 unspecified atom stereocenters. The van der Waals surface area contributed by atoms with Gasteiger partial charge in [-0.3, -0.25) is 19.2 Å². The van der Waals surface area contributed by atoms with Crippen LogP contribution in [0.15, 0.2) is 134 Å². The van der Waals surface area contributed by atoms with E-state index in [0.717, 1.165) is 19.6 Å². The van der Waals surface area contributed by atoms with Gasteiger partial charge in [0.2, 0.25) is 0 Å². The predicted octanol–water partition coefficient (Wildman–Crippen LogP) is 5.60. The van der Waals surface area contributed by atoms with Gasteiger partial charge in [-0.05, 0) is 28.8 Å². The lowest BCUT2D eigenvalue weighted by atomic mass is 9.75. The van der Waals surface area contributed by atoms with Gasteiger partial charge in [0.15, 0.2) is 17.0 Å². The summed E-state index contributed by atoms with van der Waals surface area (Å²) in [5.74, 6) is 0.0940. The molecular weight excluding hydrogens is 626 g/mol. The monoisotopic (exact) mass is 665 g/mol. The van der Waals surface area contributed by atoms with Gasteiger partial charge in [-0.2, -0.15) is 0 Å². The highest BCUT2D eigenvalue weighted by Gasteiger charge is 2.46. The number of aromatic nitrogens is 4. The van der Waals surface area contributed by atoms with Gasteiger partial charge in [-0.1, -0.05) is 109 Å². The largest absolute Gasteiger partial charge is 0.379 e. The Morgan fingerprint density at radius 2 is 1.32 bits per heavy atom. The lowest BCUT2D eigenvalue weighted by Gasteiger charge is -2.51. The Labute approximate surface area is 291 Å². The van der Waals surface area contributed by atoms with Gasteiger partial charge < -0.3 is 14.8 Å². The van der Waals surface area contributed by atoms with E-state index in [4.69, 9.17) is 14.5 Å². The van der Waals surface area contributed by atoms with Crippen molar-refractivity contribution in [3.8, 4) is 0 Å². The summed E-state index contributed by atoms with van der Waals surface area (Å²) in [5, 5.41) is 2.94. The SMILES string of the molecule is O=C(Nc1ncnc2c1ncn2C1CN(C(c2ccccc2)(c2ccccc2)c2ccccc2)CC(CN2CCOCC2)O1)c1ccccc1. The van der Waals surface area contributed by atoms with E-state index in [9.17, 15) is 4.79 Å². The zero-order chi connectivity index (χ0) is 33.8. The van der Waals surface area contributed by atoms with E-state index in [2.05, 4.69) is 116 Å². The van der Waals surface area contributed by atoms with Gasteiger partial charge in [0.05, 0.1) is 31.2 Å². The number of amides is 1. The predicted molar refractivity (Wildman–Crippen MR) is 192 cm³/mol. The van der Waals surface area contributed by atoms with E-state index in [0.29, 0.717) is 48.8 Å². The number of morpholine rings is 2. The number of rotatable bonds is 9. The molecule has 0 saturated carbocycles. The van der Waals surface area contributed by atoms with Gasteiger partial charge in [-0.25, -0.2) is 15.0 Å². The second-order valence-corrected chi connectivity index (χ2v) is 12.7. The van der Waals surface area contributed by atoms with Crippen LogP contribution in [0.1, 0.15) is 33.3 Å². The number of anilines is 1. The second-order valence-electron chi connectivity index (χ2n) is 12.7. The highest BCUT2D eigenvalue weighted by Crippen LogP contribution is 2.45. The molecule has 6 aromatic rings. The number of fused-ring (bicyclic) bond motifs is 1. The van der Waals surface area contributed by atoms with Gasteiger partial charge in [0.1, 0.15) is 12.6 Å². The van der Waals surface area contributed by atoms with Crippen LogP contribution < -0.4 is 5.32 Å². The Morgan fingerprint density at radius 3 is 1.92 bits per heavy atom. The molecule has 0 spiro atoms. The molecular formula is C40H39N7O3. The molecule has 252 valence electrons. The molecule has 0 aliphatic carbocycles. The second kappa shape index (κ2) is 14.3. The minimum Gasteiger partial charge on any atom is -0.379 e. The molecule has 2 fully saturated rings. The standard InChI is InChI=1S/C40H39N7O3/c48-39(30-13-5-1-6-14-30)44-37-36-38(42-28-41-37)47(29-43-36)35-27-46(26-34(50-35)25-45-21-23-49-24-22-45)40(31-15-7-2-8-16-31,32-17-9-3-10-18-32)33-19-11-4-12-20-33/h1-20,28-29,34-35H,21-27H2,(H,41,42,44,48). The fourth-order valence-electron chi connectivity index (χ4n) is 7.43. The van der Waals surface area contributed by atoms with Crippen molar-refractivity contribution in [1.82, 2.24) is 29.3 Å². The molecule has 2 saturated heterocycles. The maximum Gasteiger partial charge on any atom is 0.256 e. The zero-order valence-electron chi connectivity index (χ0n) is 27.7. The molecule has 1 N–H and O–H groups in total. The highest BCUT2D eigenvalue weighted by molar-refractivity contribution is 6.06.